The first-order chi connectivity index (χ1) is 8.29. The number of benzene rings is 1. The van der Waals surface area contributed by atoms with Crippen molar-refractivity contribution in [2.75, 3.05) is 12.4 Å². The number of hydrogen-bond acceptors (Lipinski definition) is 3. The van der Waals surface area contributed by atoms with Crippen molar-refractivity contribution in [3.63, 3.8) is 0 Å². The molecule has 2 aromatic rings. The van der Waals surface area contributed by atoms with Gasteiger partial charge in [0.15, 0.2) is 0 Å². The summed E-state index contributed by atoms with van der Waals surface area (Å²) in [7, 11) is 1.86. The van der Waals surface area contributed by atoms with Crippen LogP contribution in [0.1, 0.15) is 5.56 Å². The molecule has 1 heterocycles. The second-order valence-electron chi connectivity index (χ2n) is 3.54. The Hall–Kier alpha value is -1.55. The maximum Gasteiger partial charge on any atom is 0.228 e. The fraction of sp³-hybridized carbons (Fsp3) is 0.154. The fourth-order valence-corrected chi connectivity index (χ4v) is 1.86. The average molecular weight is 293 g/mol. The number of pyridine rings is 1. The smallest absolute Gasteiger partial charge is 0.228 e. The van der Waals surface area contributed by atoms with Gasteiger partial charge in [-0.3, -0.25) is 0 Å². The molecule has 0 amide bonds. The number of rotatable bonds is 4. The molecule has 0 aliphatic rings. The normalized spacial score (nSPS) is 10.0. The van der Waals surface area contributed by atoms with E-state index >= 15 is 0 Å². The highest BCUT2D eigenvalue weighted by Gasteiger charge is 2.04. The van der Waals surface area contributed by atoms with Crippen molar-refractivity contribution in [3.05, 3.63) is 52.6 Å². The summed E-state index contributed by atoms with van der Waals surface area (Å²) in [6.45, 7) is 0.519. The molecular formula is C13H13BrN2O. The first-order valence-electron chi connectivity index (χ1n) is 5.29. The van der Waals surface area contributed by atoms with E-state index in [4.69, 9.17) is 4.74 Å². The molecule has 88 valence electrons. The van der Waals surface area contributed by atoms with Crippen LogP contribution < -0.4 is 10.1 Å². The Morgan fingerprint density at radius 3 is 2.71 bits per heavy atom. The Morgan fingerprint density at radius 1 is 1.29 bits per heavy atom. The largest absolute Gasteiger partial charge is 0.472 e. The van der Waals surface area contributed by atoms with Gasteiger partial charge in [-0.2, -0.15) is 0 Å². The Labute approximate surface area is 109 Å². The topological polar surface area (TPSA) is 34.2 Å². The Balaban J connectivity index is 2.04. The molecule has 1 aromatic carbocycles. The third kappa shape index (κ3) is 3.20. The van der Waals surface area contributed by atoms with Gasteiger partial charge in [-0.25, -0.2) is 4.98 Å². The summed E-state index contributed by atoms with van der Waals surface area (Å²) >= 11 is 3.43. The molecule has 4 heteroatoms. The van der Waals surface area contributed by atoms with Crippen LogP contribution in [0.5, 0.6) is 5.88 Å². The van der Waals surface area contributed by atoms with Gasteiger partial charge in [0.1, 0.15) is 6.61 Å². The van der Waals surface area contributed by atoms with Crippen LogP contribution in [0.4, 0.5) is 5.69 Å². The van der Waals surface area contributed by atoms with Gasteiger partial charge in [0, 0.05) is 7.05 Å². The average Bonchev–Trinajstić information content (AvgIpc) is 2.38. The maximum absolute atomic E-state index is 5.64. The molecule has 1 N–H and O–H groups in total. The van der Waals surface area contributed by atoms with Gasteiger partial charge in [-0.1, -0.05) is 30.3 Å². The van der Waals surface area contributed by atoms with E-state index in [1.54, 1.807) is 6.20 Å². The van der Waals surface area contributed by atoms with Crippen LogP contribution in [0.15, 0.2) is 47.1 Å². The molecule has 3 nitrogen and oxygen atoms in total. The summed E-state index contributed by atoms with van der Waals surface area (Å²) in [5.41, 5.74) is 2.07. The molecule has 0 saturated carbocycles. The number of hydrogen-bond donors (Lipinski definition) is 1. The predicted molar refractivity (Wildman–Crippen MR) is 72.3 cm³/mol. The van der Waals surface area contributed by atoms with Crippen LogP contribution in [-0.2, 0) is 6.61 Å². The van der Waals surface area contributed by atoms with E-state index in [2.05, 4.69) is 26.2 Å². The minimum Gasteiger partial charge on any atom is -0.472 e. The number of nitrogens with one attached hydrogen (secondary N) is 1. The molecule has 0 aliphatic carbocycles. The fourth-order valence-electron chi connectivity index (χ4n) is 1.39. The number of ether oxygens (including phenoxy) is 1. The third-order valence-corrected chi connectivity index (χ3v) is 2.88. The highest BCUT2D eigenvalue weighted by atomic mass is 79.9. The highest BCUT2D eigenvalue weighted by molar-refractivity contribution is 9.10. The lowest BCUT2D eigenvalue weighted by Crippen LogP contribution is -1.98. The van der Waals surface area contributed by atoms with Gasteiger partial charge in [0.25, 0.3) is 0 Å². The zero-order valence-corrected chi connectivity index (χ0v) is 11.1. The monoisotopic (exact) mass is 292 g/mol. The van der Waals surface area contributed by atoms with Crippen molar-refractivity contribution in [1.29, 1.82) is 0 Å². The van der Waals surface area contributed by atoms with E-state index in [-0.39, 0.29) is 0 Å². The quantitative estimate of drug-likeness (QED) is 0.937. The second kappa shape index (κ2) is 5.68. The standard InChI is InChI=1S/C13H13BrN2O/c1-15-11-7-12(14)13(16-8-11)17-9-10-5-3-2-4-6-10/h2-8,15H,9H2,1H3. The van der Waals surface area contributed by atoms with Crippen LogP contribution in [0.2, 0.25) is 0 Å². The van der Waals surface area contributed by atoms with Crippen LogP contribution in [0.25, 0.3) is 0 Å². The number of aromatic nitrogens is 1. The number of anilines is 1. The van der Waals surface area contributed by atoms with Gasteiger partial charge < -0.3 is 10.1 Å². The van der Waals surface area contributed by atoms with Gasteiger partial charge in [-0.05, 0) is 27.6 Å². The lowest BCUT2D eigenvalue weighted by Gasteiger charge is -2.08. The van der Waals surface area contributed by atoms with Crippen LogP contribution >= 0.6 is 15.9 Å². The summed E-state index contributed by atoms with van der Waals surface area (Å²) in [5.74, 6) is 0.604. The van der Waals surface area contributed by atoms with Crippen molar-refractivity contribution in [3.8, 4) is 5.88 Å². The molecular weight excluding hydrogens is 280 g/mol. The van der Waals surface area contributed by atoms with E-state index in [9.17, 15) is 0 Å². The molecule has 0 aliphatic heterocycles. The first-order valence-corrected chi connectivity index (χ1v) is 6.09. The maximum atomic E-state index is 5.64. The molecule has 17 heavy (non-hydrogen) atoms. The lowest BCUT2D eigenvalue weighted by atomic mass is 10.2. The minimum absolute atomic E-state index is 0.519. The van der Waals surface area contributed by atoms with Crippen LogP contribution in [-0.4, -0.2) is 12.0 Å². The predicted octanol–water partition coefficient (Wildman–Crippen LogP) is 3.46. The van der Waals surface area contributed by atoms with Gasteiger partial charge in [0.2, 0.25) is 5.88 Å². The van der Waals surface area contributed by atoms with E-state index in [1.165, 1.54) is 0 Å². The SMILES string of the molecule is CNc1cnc(OCc2ccccc2)c(Br)c1. The van der Waals surface area contributed by atoms with Crippen molar-refractivity contribution in [1.82, 2.24) is 4.98 Å². The Kier molecular flexibility index (Phi) is 3.98. The molecule has 0 fully saturated rings. The molecule has 0 saturated heterocycles. The second-order valence-corrected chi connectivity index (χ2v) is 4.39. The van der Waals surface area contributed by atoms with Crippen LogP contribution in [0, 0.1) is 0 Å². The summed E-state index contributed by atoms with van der Waals surface area (Å²) in [6.07, 6.45) is 1.74. The minimum atomic E-state index is 0.519. The zero-order chi connectivity index (χ0) is 12.1. The van der Waals surface area contributed by atoms with E-state index < -0.39 is 0 Å². The summed E-state index contributed by atoms with van der Waals surface area (Å²) < 4.78 is 6.48. The number of nitrogens with zero attached hydrogens (tertiary/aromatic N) is 1. The third-order valence-electron chi connectivity index (χ3n) is 2.31. The Morgan fingerprint density at radius 2 is 2.06 bits per heavy atom. The van der Waals surface area contributed by atoms with Crippen LogP contribution in [0.3, 0.4) is 0 Å². The van der Waals surface area contributed by atoms with Gasteiger partial charge in [0.05, 0.1) is 16.4 Å². The Bertz CT molecular complexity index is 488. The van der Waals surface area contributed by atoms with Crippen molar-refractivity contribution in [2.24, 2.45) is 0 Å². The summed E-state index contributed by atoms with van der Waals surface area (Å²) in [5, 5.41) is 3.02. The van der Waals surface area contributed by atoms with Gasteiger partial charge >= 0.3 is 0 Å². The lowest BCUT2D eigenvalue weighted by molar-refractivity contribution is 0.292. The van der Waals surface area contributed by atoms with E-state index in [1.807, 2.05) is 43.4 Å². The molecule has 0 spiro atoms. The van der Waals surface area contributed by atoms with Crippen molar-refractivity contribution in [2.45, 2.75) is 6.61 Å². The molecule has 0 bridgehead atoms. The van der Waals surface area contributed by atoms with Crippen molar-refractivity contribution >= 4 is 21.6 Å². The zero-order valence-electron chi connectivity index (χ0n) is 9.48. The highest BCUT2D eigenvalue weighted by Crippen LogP contribution is 2.25. The molecule has 1 aromatic heterocycles. The number of halogens is 1. The molecule has 0 atom stereocenters. The summed E-state index contributed by atoms with van der Waals surface area (Å²) in [4.78, 5) is 4.23. The first kappa shape index (κ1) is 11.9. The molecule has 0 unspecified atom stereocenters. The van der Waals surface area contributed by atoms with E-state index in [0.29, 0.717) is 12.5 Å². The summed E-state index contributed by atoms with van der Waals surface area (Å²) in [6, 6.07) is 12.0. The van der Waals surface area contributed by atoms with E-state index in [0.717, 1.165) is 15.7 Å². The van der Waals surface area contributed by atoms with Crippen molar-refractivity contribution < 1.29 is 4.74 Å². The molecule has 2 rings (SSSR count). The van der Waals surface area contributed by atoms with Gasteiger partial charge in [-0.15, -0.1) is 0 Å². The molecule has 0 radical (unpaired) electrons.